The topological polar surface area (TPSA) is 71.8 Å². The summed E-state index contributed by atoms with van der Waals surface area (Å²) in [7, 11) is 0. The van der Waals surface area contributed by atoms with E-state index < -0.39 is 0 Å². The van der Waals surface area contributed by atoms with Gasteiger partial charge in [-0.3, -0.25) is 14.5 Å². The molecular weight excluding hydrogens is 380 g/mol. The zero-order chi connectivity index (χ0) is 19.8. The number of nitrogens with zero attached hydrogens (tertiary/aromatic N) is 1. The quantitative estimate of drug-likeness (QED) is 0.766. The second kappa shape index (κ2) is 10.3. The predicted molar refractivity (Wildman–Crippen MR) is 108 cm³/mol. The van der Waals surface area contributed by atoms with Crippen LogP contribution < -0.4 is 15.5 Å². The molecule has 0 saturated carbocycles. The van der Waals surface area contributed by atoms with Crippen molar-refractivity contribution in [2.24, 2.45) is 0 Å². The van der Waals surface area contributed by atoms with Crippen molar-refractivity contribution >= 4 is 17.5 Å². The van der Waals surface area contributed by atoms with Gasteiger partial charge < -0.3 is 14.5 Å². The molecule has 150 valence electrons. The van der Waals surface area contributed by atoms with Crippen LogP contribution in [0.5, 0.6) is 5.75 Å². The summed E-state index contributed by atoms with van der Waals surface area (Å²) in [5.41, 5.74) is 0.650. The van der Waals surface area contributed by atoms with Gasteiger partial charge >= 0.3 is 0 Å². The van der Waals surface area contributed by atoms with Gasteiger partial charge in [-0.05, 0) is 43.6 Å². The lowest BCUT2D eigenvalue weighted by Gasteiger charge is -2.18. The number of carbonyl (C=O) groups is 1. The van der Waals surface area contributed by atoms with E-state index in [4.69, 9.17) is 20.8 Å². The van der Waals surface area contributed by atoms with Crippen molar-refractivity contribution in [3.05, 3.63) is 63.2 Å². The number of benzene rings is 1. The predicted octanol–water partition coefficient (Wildman–Crippen LogP) is 3.36. The Morgan fingerprint density at radius 3 is 2.54 bits per heavy atom. The zero-order valence-electron chi connectivity index (χ0n) is 15.8. The molecule has 0 unspecified atom stereocenters. The number of halogens is 1. The Labute approximate surface area is 169 Å². The molecule has 2 heterocycles. The van der Waals surface area contributed by atoms with E-state index in [0.29, 0.717) is 23.9 Å². The summed E-state index contributed by atoms with van der Waals surface area (Å²) in [6.07, 6.45) is 6.16. The number of rotatable bonds is 7. The first-order chi connectivity index (χ1) is 13.6. The van der Waals surface area contributed by atoms with Crippen LogP contribution in [0.2, 0.25) is 5.02 Å². The molecule has 7 heteroatoms. The fourth-order valence-corrected chi connectivity index (χ4v) is 3.26. The second-order valence-corrected chi connectivity index (χ2v) is 7.39. The maximum atomic E-state index is 12.2. The molecule has 6 nitrogen and oxygen atoms in total. The molecule has 1 fully saturated rings. The number of carbonyl (C=O) groups excluding carboxylic acids is 1. The van der Waals surface area contributed by atoms with Crippen molar-refractivity contribution in [3.8, 4) is 5.75 Å². The minimum atomic E-state index is -0.317. The van der Waals surface area contributed by atoms with Gasteiger partial charge in [-0.1, -0.05) is 36.6 Å². The van der Waals surface area contributed by atoms with Crippen LogP contribution in [0, 0.1) is 0 Å². The highest BCUT2D eigenvalue weighted by atomic mass is 35.5. The molecular formula is C21H25ClN2O4. The summed E-state index contributed by atoms with van der Waals surface area (Å²) < 4.78 is 10.9. The standard InChI is InChI=1S/C21H25ClN2O4/c22-17-7-5-16(6-8-17)12-23-21(26)15-28-20-14-27-18(11-19(20)25)13-24-9-3-1-2-4-10-24/h5-8,11,14H,1-4,9-10,12-13,15H2,(H,23,26). The fraction of sp³-hybridized carbons (Fsp3) is 0.429. The van der Waals surface area contributed by atoms with Crippen LogP contribution in [0.25, 0.3) is 0 Å². The number of amides is 1. The summed E-state index contributed by atoms with van der Waals surface area (Å²) in [5.74, 6) is 0.343. The Hall–Kier alpha value is -2.31. The van der Waals surface area contributed by atoms with Crippen LogP contribution in [-0.2, 0) is 17.9 Å². The van der Waals surface area contributed by atoms with Crippen LogP contribution in [0.3, 0.4) is 0 Å². The van der Waals surface area contributed by atoms with Gasteiger partial charge in [0, 0.05) is 17.6 Å². The van der Waals surface area contributed by atoms with Crippen LogP contribution in [0.1, 0.15) is 37.0 Å². The van der Waals surface area contributed by atoms with Gasteiger partial charge in [0.25, 0.3) is 5.91 Å². The van der Waals surface area contributed by atoms with Crippen LogP contribution in [0.4, 0.5) is 0 Å². The summed E-state index contributed by atoms with van der Waals surface area (Å²) in [4.78, 5) is 26.5. The molecule has 0 radical (unpaired) electrons. The van der Waals surface area contributed by atoms with E-state index >= 15 is 0 Å². The summed E-state index contributed by atoms with van der Waals surface area (Å²) in [6, 6.07) is 8.64. The van der Waals surface area contributed by atoms with E-state index in [9.17, 15) is 9.59 Å². The molecule has 0 aliphatic carbocycles. The normalized spacial score (nSPS) is 15.0. The summed E-state index contributed by atoms with van der Waals surface area (Å²) in [5, 5.41) is 3.38. The van der Waals surface area contributed by atoms with Gasteiger partial charge in [0.2, 0.25) is 11.2 Å². The molecule has 1 N–H and O–H groups in total. The first kappa shape index (κ1) is 20.4. The number of hydrogen-bond donors (Lipinski definition) is 1. The average molecular weight is 405 g/mol. The van der Waals surface area contributed by atoms with E-state index in [2.05, 4.69) is 10.2 Å². The SMILES string of the molecule is O=C(COc1coc(CN2CCCCCC2)cc1=O)NCc1ccc(Cl)cc1. The molecule has 3 rings (SSSR count). The Bertz CT molecular complexity index is 827. The third kappa shape index (κ3) is 6.39. The molecule has 2 aromatic rings. The molecule has 1 saturated heterocycles. The smallest absolute Gasteiger partial charge is 0.258 e. The first-order valence-corrected chi connectivity index (χ1v) is 9.96. The van der Waals surface area contributed by atoms with Gasteiger partial charge in [-0.25, -0.2) is 0 Å². The van der Waals surface area contributed by atoms with E-state index in [1.54, 1.807) is 12.1 Å². The minimum absolute atomic E-state index is 0.0428. The lowest BCUT2D eigenvalue weighted by atomic mass is 10.2. The minimum Gasteiger partial charge on any atom is -0.477 e. The molecule has 0 bridgehead atoms. The van der Waals surface area contributed by atoms with Crippen LogP contribution in [-0.4, -0.2) is 30.5 Å². The number of nitrogens with one attached hydrogen (secondary N) is 1. The van der Waals surface area contributed by atoms with E-state index in [0.717, 1.165) is 18.7 Å². The van der Waals surface area contributed by atoms with E-state index in [1.807, 2.05) is 12.1 Å². The van der Waals surface area contributed by atoms with Crippen molar-refractivity contribution in [3.63, 3.8) is 0 Å². The largest absolute Gasteiger partial charge is 0.477 e. The third-order valence-electron chi connectivity index (χ3n) is 4.69. The Morgan fingerprint density at radius 1 is 1.14 bits per heavy atom. The zero-order valence-corrected chi connectivity index (χ0v) is 16.5. The van der Waals surface area contributed by atoms with Gasteiger partial charge in [-0.15, -0.1) is 0 Å². The Kier molecular flexibility index (Phi) is 7.51. The maximum Gasteiger partial charge on any atom is 0.258 e. The molecule has 0 spiro atoms. The van der Waals surface area contributed by atoms with Gasteiger partial charge in [0.1, 0.15) is 12.0 Å². The third-order valence-corrected chi connectivity index (χ3v) is 4.94. The first-order valence-electron chi connectivity index (χ1n) is 9.58. The van der Waals surface area contributed by atoms with E-state index in [1.165, 1.54) is 38.0 Å². The Balaban J connectivity index is 1.46. The highest BCUT2D eigenvalue weighted by Gasteiger charge is 2.13. The number of hydrogen-bond acceptors (Lipinski definition) is 5. The average Bonchev–Trinajstić information content (AvgIpc) is 2.95. The number of likely N-dealkylation sites (tertiary alicyclic amines) is 1. The summed E-state index contributed by atoms with van der Waals surface area (Å²) >= 11 is 5.83. The second-order valence-electron chi connectivity index (χ2n) is 6.96. The molecule has 0 atom stereocenters. The molecule has 1 aliphatic rings. The highest BCUT2D eigenvalue weighted by Crippen LogP contribution is 2.14. The highest BCUT2D eigenvalue weighted by molar-refractivity contribution is 6.30. The van der Waals surface area contributed by atoms with Crippen molar-refractivity contribution in [1.29, 1.82) is 0 Å². The molecule has 28 heavy (non-hydrogen) atoms. The fourth-order valence-electron chi connectivity index (χ4n) is 3.14. The Morgan fingerprint density at radius 2 is 1.86 bits per heavy atom. The van der Waals surface area contributed by atoms with Crippen LogP contribution in [0.15, 0.2) is 45.8 Å². The summed E-state index contributed by atoms with van der Waals surface area (Å²) in [6.45, 7) is 2.79. The number of ether oxygens (including phenoxy) is 1. The van der Waals surface area contributed by atoms with Gasteiger partial charge in [0.15, 0.2) is 6.61 Å². The van der Waals surface area contributed by atoms with Crippen molar-refractivity contribution in [2.75, 3.05) is 19.7 Å². The van der Waals surface area contributed by atoms with Crippen molar-refractivity contribution in [1.82, 2.24) is 10.2 Å². The molecule has 1 aromatic heterocycles. The monoisotopic (exact) mass is 404 g/mol. The lowest BCUT2D eigenvalue weighted by molar-refractivity contribution is -0.123. The molecule has 1 aromatic carbocycles. The van der Waals surface area contributed by atoms with Crippen molar-refractivity contribution < 1.29 is 13.9 Å². The molecule has 1 amide bonds. The van der Waals surface area contributed by atoms with Crippen LogP contribution >= 0.6 is 11.6 Å². The van der Waals surface area contributed by atoms with Crippen molar-refractivity contribution in [2.45, 2.75) is 38.8 Å². The molecule has 1 aliphatic heterocycles. The maximum absolute atomic E-state index is 12.2. The van der Waals surface area contributed by atoms with E-state index in [-0.39, 0.29) is 23.7 Å². The van der Waals surface area contributed by atoms with Gasteiger partial charge in [-0.2, -0.15) is 0 Å². The van der Waals surface area contributed by atoms with Gasteiger partial charge in [0.05, 0.1) is 6.54 Å². The lowest BCUT2D eigenvalue weighted by Crippen LogP contribution is -2.29.